The molecular weight excluding hydrogens is 206 g/mol. The highest BCUT2D eigenvalue weighted by Gasteiger charge is 2.11. The zero-order chi connectivity index (χ0) is 12.1. The number of benzene rings is 1. The van der Waals surface area contributed by atoms with Gasteiger partial charge in [0.05, 0.1) is 11.3 Å². The van der Waals surface area contributed by atoms with Crippen LogP contribution in [0.3, 0.4) is 0 Å². The number of carbonyl (C=O) groups excluding carboxylic acids is 2. The predicted octanol–water partition coefficient (Wildman–Crippen LogP) is 0.804. The van der Waals surface area contributed by atoms with Crippen molar-refractivity contribution < 1.29 is 9.59 Å². The molecule has 80 valence electrons. The van der Waals surface area contributed by atoms with Crippen molar-refractivity contribution in [3.8, 4) is 6.07 Å². The van der Waals surface area contributed by atoms with Crippen LogP contribution in [0, 0.1) is 11.3 Å². The van der Waals surface area contributed by atoms with Gasteiger partial charge in [-0.2, -0.15) is 5.26 Å². The number of nitrogens with one attached hydrogen (secondary N) is 1. The first-order valence-corrected chi connectivity index (χ1v) is 4.35. The van der Waals surface area contributed by atoms with E-state index in [-0.39, 0.29) is 16.8 Å². The number of nitriles is 1. The maximum Gasteiger partial charge on any atom is 0.265 e. The zero-order valence-corrected chi connectivity index (χ0v) is 8.36. The minimum Gasteiger partial charge on any atom is -0.366 e. The number of nitrogens with two attached hydrogens (primary N) is 1. The fourth-order valence-electron chi connectivity index (χ4n) is 1.06. The molecule has 0 heterocycles. The van der Waals surface area contributed by atoms with E-state index in [1.54, 1.807) is 18.2 Å². The molecule has 16 heavy (non-hydrogen) atoms. The van der Waals surface area contributed by atoms with Crippen LogP contribution < -0.4 is 11.1 Å². The molecule has 0 spiro atoms. The second-order valence-electron chi connectivity index (χ2n) is 2.95. The molecule has 0 saturated heterocycles. The number of anilines is 1. The molecule has 3 N–H and O–H groups in total. The molecule has 0 radical (unpaired) electrons. The molecule has 5 heteroatoms. The highest BCUT2D eigenvalue weighted by atomic mass is 16.2. The van der Waals surface area contributed by atoms with E-state index in [9.17, 15) is 9.59 Å². The Morgan fingerprint density at radius 3 is 2.56 bits per heavy atom. The number of hydrogen-bond donors (Lipinski definition) is 2. The fourth-order valence-corrected chi connectivity index (χ4v) is 1.06. The smallest absolute Gasteiger partial charge is 0.265 e. The van der Waals surface area contributed by atoms with Crippen molar-refractivity contribution in [3.63, 3.8) is 0 Å². The molecule has 2 amide bonds. The summed E-state index contributed by atoms with van der Waals surface area (Å²) in [6, 6.07) is 7.86. The molecule has 0 aromatic heterocycles. The minimum absolute atomic E-state index is 0.182. The first kappa shape index (κ1) is 11.5. The number of carbonyl (C=O) groups is 2. The van der Waals surface area contributed by atoms with E-state index in [2.05, 4.69) is 11.9 Å². The van der Waals surface area contributed by atoms with Gasteiger partial charge in [-0.3, -0.25) is 9.59 Å². The van der Waals surface area contributed by atoms with Crippen molar-refractivity contribution >= 4 is 17.5 Å². The topological polar surface area (TPSA) is 96.0 Å². The Morgan fingerprint density at radius 2 is 2.00 bits per heavy atom. The van der Waals surface area contributed by atoms with Crippen LogP contribution >= 0.6 is 0 Å². The molecule has 0 saturated carbocycles. The summed E-state index contributed by atoms with van der Waals surface area (Å²) in [5.41, 5.74) is 5.33. The Kier molecular flexibility index (Phi) is 3.41. The summed E-state index contributed by atoms with van der Waals surface area (Å²) in [5, 5.41) is 10.8. The first-order chi connectivity index (χ1) is 7.56. The number of primary amides is 1. The van der Waals surface area contributed by atoms with Gasteiger partial charge < -0.3 is 11.1 Å². The van der Waals surface area contributed by atoms with E-state index >= 15 is 0 Å². The maximum absolute atomic E-state index is 11.3. The van der Waals surface area contributed by atoms with Crippen LogP contribution in [0.15, 0.2) is 36.4 Å². The summed E-state index contributed by atoms with van der Waals surface area (Å²) in [6.45, 7) is 3.25. The summed E-state index contributed by atoms with van der Waals surface area (Å²) < 4.78 is 0. The minimum atomic E-state index is -0.656. The lowest BCUT2D eigenvalue weighted by Gasteiger charge is -2.07. The molecule has 1 aromatic carbocycles. The van der Waals surface area contributed by atoms with Crippen LogP contribution in [0.25, 0.3) is 0 Å². The predicted molar refractivity (Wildman–Crippen MR) is 58.3 cm³/mol. The number of para-hydroxylation sites is 1. The van der Waals surface area contributed by atoms with Gasteiger partial charge in [0, 0.05) is 0 Å². The van der Waals surface area contributed by atoms with Crippen molar-refractivity contribution in [1.82, 2.24) is 0 Å². The van der Waals surface area contributed by atoms with Crippen molar-refractivity contribution in [2.75, 3.05) is 5.32 Å². The highest BCUT2D eigenvalue weighted by Crippen LogP contribution is 2.14. The van der Waals surface area contributed by atoms with E-state index in [1.165, 1.54) is 12.1 Å². The van der Waals surface area contributed by atoms with Gasteiger partial charge in [-0.15, -0.1) is 0 Å². The van der Waals surface area contributed by atoms with Crippen molar-refractivity contribution in [2.24, 2.45) is 5.73 Å². The van der Waals surface area contributed by atoms with Gasteiger partial charge in [0.15, 0.2) is 0 Å². The van der Waals surface area contributed by atoms with Gasteiger partial charge >= 0.3 is 0 Å². The second-order valence-corrected chi connectivity index (χ2v) is 2.95. The largest absolute Gasteiger partial charge is 0.366 e. The second kappa shape index (κ2) is 4.75. The average molecular weight is 215 g/mol. The van der Waals surface area contributed by atoms with E-state index in [1.807, 2.05) is 0 Å². The first-order valence-electron chi connectivity index (χ1n) is 4.35. The molecule has 1 aromatic rings. The number of rotatable bonds is 3. The monoisotopic (exact) mass is 215 g/mol. The molecule has 0 aliphatic heterocycles. The van der Waals surface area contributed by atoms with E-state index in [4.69, 9.17) is 11.0 Å². The number of hydrogen-bond acceptors (Lipinski definition) is 3. The Hall–Kier alpha value is -2.61. The van der Waals surface area contributed by atoms with Crippen LogP contribution in [0.4, 0.5) is 5.69 Å². The van der Waals surface area contributed by atoms with E-state index < -0.39 is 11.8 Å². The molecule has 0 aliphatic rings. The summed E-state index contributed by atoms with van der Waals surface area (Å²) in [7, 11) is 0. The van der Waals surface area contributed by atoms with Crippen LogP contribution in [0.2, 0.25) is 0 Å². The van der Waals surface area contributed by atoms with Gasteiger partial charge in [0.1, 0.15) is 11.6 Å². The van der Waals surface area contributed by atoms with Crippen LogP contribution in [0.1, 0.15) is 10.4 Å². The van der Waals surface area contributed by atoms with Crippen LogP contribution in [-0.4, -0.2) is 11.8 Å². The third-order valence-electron chi connectivity index (χ3n) is 1.85. The highest BCUT2D eigenvalue weighted by molar-refractivity contribution is 6.09. The van der Waals surface area contributed by atoms with E-state index in [0.29, 0.717) is 0 Å². The standard InChI is InChI=1S/C11H9N3O2/c1-7(6-12)11(16)14-9-5-3-2-4-8(9)10(13)15/h2-5H,1H2,(H2,13,15)(H,14,16). The van der Waals surface area contributed by atoms with Gasteiger partial charge in [-0.25, -0.2) is 0 Å². The third kappa shape index (κ3) is 2.45. The van der Waals surface area contributed by atoms with Gasteiger partial charge in [0.25, 0.3) is 11.8 Å². The average Bonchev–Trinajstić information content (AvgIpc) is 2.28. The third-order valence-corrected chi connectivity index (χ3v) is 1.85. The van der Waals surface area contributed by atoms with E-state index in [0.717, 1.165) is 0 Å². The Balaban J connectivity index is 2.99. The lowest BCUT2D eigenvalue weighted by molar-refractivity contribution is -0.112. The maximum atomic E-state index is 11.3. The van der Waals surface area contributed by atoms with Crippen molar-refractivity contribution in [3.05, 3.63) is 42.0 Å². The van der Waals surface area contributed by atoms with Crippen molar-refractivity contribution in [1.29, 1.82) is 5.26 Å². The molecule has 0 bridgehead atoms. The fraction of sp³-hybridized carbons (Fsp3) is 0. The Labute approximate surface area is 92.2 Å². The molecule has 1 rings (SSSR count). The number of nitrogens with zero attached hydrogens (tertiary/aromatic N) is 1. The zero-order valence-electron chi connectivity index (χ0n) is 8.36. The summed E-state index contributed by atoms with van der Waals surface area (Å²) in [6.07, 6.45) is 0. The normalized spacial score (nSPS) is 8.94. The molecule has 0 aliphatic carbocycles. The SMILES string of the molecule is C=C(C#N)C(=O)Nc1ccccc1C(N)=O. The van der Waals surface area contributed by atoms with Gasteiger partial charge in [0.2, 0.25) is 0 Å². The summed E-state index contributed by atoms with van der Waals surface area (Å²) >= 11 is 0. The summed E-state index contributed by atoms with van der Waals surface area (Å²) in [5.74, 6) is -1.31. The molecule has 0 unspecified atom stereocenters. The quantitative estimate of drug-likeness (QED) is 0.576. The van der Waals surface area contributed by atoms with Crippen LogP contribution in [-0.2, 0) is 4.79 Å². The number of amides is 2. The van der Waals surface area contributed by atoms with Gasteiger partial charge in [-0.1, -0.05) is 18.7 Å². The Morgan fingerprint density at radius 1 is 1.38 bits per heavy atom. The summed E-state index contributed by atoms with van der Waals surface area (Å²) in [4.78, 5) is 22.4. The Bertz CT molecular complexity index is 500. The molecule has 0 atom stereocenters. The lowest BCUT2D eigenvalue weighted by Crippen LogP contribution is -2.18. The lowest BCUT2D eigenvalue weighted by atomic mass is 10.1. The van der Waals surface area contributed by atoms with Gasteiger partial charge in [-0.05, 0) is 12.1 Å². The molecule has 0 fully saturated rings. The van der Waals surface area contributed by atoms with Crippen LogP contribution in [0.5, 0.6) is 0 Å². The van der Waals surface area contributed by atoms with Crippen molar-refractivity contribution in [2.45, 2.75) is 0 Å². The molecule has 5 nitrogen and oxygen atoms in total. The molecular formula is C11H9N3O2.